The Morgan fingerprint density at radius 3 is 2.60 bits per heavy atom. The average molecular weight is 262 g/mol. The van der Waals surface area contributed by atoms with Crippen LogP contribution in [0.2, 0.25) is 0 Å². The third kappa shape index (κ3) is 1.44. The predicted octanol–water partition coefficient (Wildman–Crippen LogP) is 3.93. The number of halogens is 1. The largest absolute Gasteiger partial charge is 0.357 e. The monoisotopic (exact) mass is 261 g/mol. The SMILES string of the molecule is Brc1c(-c2ccccc2)[nH]c2c1CCC2. The second-order valence-corrected chi connectivity index (χ2v) is 4.78. The summed E-state index contributed by atoms with van der Waals surface area (Å²) >= 11 is 3.71. The Hall–Kier alpha value is -1.02. The van der Waals surface area contributed by atoms with Crippen LogP contribution < -0.4 is 0 Å². The molecule has 1 aromatic heterocycles. The predicted molar refractivity (Wildman–Crippen MR) is 66.0 cm³/mol. The van der Waals surface area contributed by atoms with Gasteiger partial charge in [0.15, 0.2) is 0 Å². The maximum absolute atomic E-state index is 3.71. The van der Waals surface area contributed by atoms with Gasteiger partial charge in [-0.25, -0.2) is 0 Å². The van der Waals surface area contributed by atoms with Gasteiger partial charge in [0.2, 0.25) is 0 Å². The van der Waals surface area contributed by atoms with E-state index >= 15 is 0 Å². The van der Waals surface area contributed by atoms with E-state index in [2.05, 4.69) is 45.2 Å². The molecule has 1 aromatic carbocycles. The molecular weight excluding hydrogens is 250 g/mol. The van der Waals surface area contributed by atoms with Gasteiger partial charge in [-0.1, -0.05) is 30.3 Å². The van der Waals surface area contributed by atoms with Crippen molar-refractivity contribution in [2.24, 2.45) is 0 Å². The Labute approximate surface area is 97.7 Å². The van der Waals surface area contributed by atoms with Gasteiger partial charge in [-0.2, -0.15) is 0 Å². The molecular formula is C13H12BrN. The fraction of sp³-hybridized carbons (Fsp3) is 0.231. The topological polar surface area (TPSA) is 15.8 Å². The summed E-state index contributed by atoms with van der Waals surface area (Å²) in [6.45, 7) is 0. The van der Waals surface area contributed by atoms with E-state index in [0.717, 1.165) is 0 Å². The van der Waals surface area contributed by atoms with E-state index in [1.807, 2.05) is 6.07 Å². The number of fused-ring (bicyclic) bond motifs is 1. The van der Waals surface area contributed by atoms with Gasteiger partial charge in [0.05, 0.1) is 5.69 Å². The van der Waals surface area contributed by atoms with Crippen LogP contribution in [0.4, 0.5) is 0 Å². The summed E-state index contributed by atoms with van der Waals surface area (Å²) in [5.41, 5.74) is 5.40. The molecule has 2 aromatic rings. The number of H-pyrrole nitrogens is 1. The van der Waals surface area contributed by atoms with E-state index in [0.29, 0.717) is 0 Å². The standard InChI is InChI=1S/C13H12BrN/c14-12-10-7-4-8-11(10)15-13(12)9-5-2-1-3-6-9/h1-3,5-6,15H,4,7-8H2. The van der Waals surface area contributed by atoms with Crippen LogP contribution in [0.1, 0.15) is 17.7 Å². The summed E-state index contributed by atoms with van der Waals surface area (Å²) in [7, 11) is 0. The maximum atomic E-state index is 3.71. The minimum absolute atomic E-state index is 1.20. The number of aromatic amines is 1. The van der Waals surface area contributed by atoms with Crippen molar-refractivity contribution in [3.63, 3.8) is 0 Å². The first-order chi connectivity index (χ1) is 7.36. The first-order valence-electron chi connectivity index (χ1n) is 5.31. The smallest absolute Gasteiger partial charge is 0.0603 e. The van der Waals surface area contributed by atoms with Crippen molar-refractivity contribution in [1.29, 1.82) is 0 Å². The molecule has 1 nitrogen and oxygen atoms in total. The summed E-state index contributed by atoms with van der Waals surface area (Å²) in [5.74, 6) is 0. The number of benzene rings is 1. The van der Waals surface area contributed by atoms with Crippen LogP contribution >= 0.6 is 15.9 Å². The highest BCUT2D eigenvalue weighted by atomic mass is 79.9. The van der Waals surface area contributed by atoms with E-state index in [-0.39, 0.29) is 0 Å². The number of rotatable bonds is 1. The molecule has 76 valence electrons. The van der Waals surface area contributed by atoms with Crippen LogP contribution in [0.5, 0.6) is 0 Å². The average Bonchev–Trinajstić information content (AvgIpc) is 2.83. The maximum Gasteiger partial charge on any atom is 0.0603 e. The molecule has 0 radical (unpaired) electrons. The number of nitrogens with one attached hydrogen (secondary N) is 1. The highest BCUT2D eigenvalue weighted by Gasteiger charge is 2.20. The van der Waals surface area contributed by atoms with Gasteiger partial charge in [0.1, 0.15) is 0 Å². The van der Waals surface area contributed by atoms with Crippen molar-refractivity contribution in [1.82, 2.24) is 4.98 Å². The molecule has 0 amide bonds. The molecule has 1 N–H and O–H groups in total. The first kappa shape index (κ1) is 9.22. The van der Waals surface area contributed by atoms with Crippen LogP contribution in [0, 0.1) is 0 Å². The molecule has 2 heteroatoms. The quantitative estimate of drug-likeness (QED) is 0.801. The summed E-state index contributed by atoms with van der Waals surface area (Å²) in [6, 6.07) is 10.5. The van der Waals surface area contributed by atoms with Crippen molar-refractivity contribution in [2.45, 2.75) is 19.3 Å². The fourth-order valence-corrected chi connectivity index (χ4v) is 3.05. The van der Waals surface area contributed by atoms with Gasteiger partial charge in [-0.15, -0.1) is 0 Å². The lowest BCUT2D eigenvalue weighted by molar-refractivity contribution is 0.892. The number of hydrogen-bond acceptors (Lipinski definition) is 0. The van der Waals surface area contributed by atoms with Crippen molar-refractivity contribution in [3.05, 3.63) is 46.1 Å². The summed E-state index contributed by atoms with van der Waals surface area (Å²) < 4.78 is 1.27. The Morgan fingerprint density at radius 1 is 1.07 bits per heavy atom. The molecule has 1 heterocycles. The molecule has 3 rings (SSSR count). The van der Waals surface area contributed by atoms with Crippen molar-refractivity contribution >= 4 is 15.9 Å². The summed E-state index contributed by atoms with van der Waals surface area (Å²) in [4.78, 5) is 3.53. The number of aryl methyl sites for hydroxylation is 1. The molecule has 15 heavy (non-hydrogen) atoms. The molecule has 0 atom stereocenters. The zero-order chi connectivity index (χ0) is 10.3. The van der Waals surface area contributed by atoms with Crippen LogP contribution in [-0.4, -0.2) is 4.98 Å². The molecule has 0 saturated heterocycles. The van der Waals surface area contributed by atoms with E-state index in [1.165, 1.54) is 46.2 Å². The second kappa shape index (κ2) is 3.53. The summed E-state index contributed by atoms with van der Waals surface area (Å²) in [6.07, 6.45) is 3.69. The number of aromatic nitrogens is 1. The Morgan fingerprint density at radius 2 is 1.87 bits per heavy atom. The number of hydrogen-bond donors (Lipinski definition) is 1. The minimum atomic E-state index is 1.20. The van der Waals surface area contributed by atoms with E-state index in [9.17, 15) is 0 Å². The normalized spacial score (nSPS) is 14.2. The van der Waals surface area contributed by atoms with Gasteiger partial charge in [0, 0.05) is 10.2 Å². The van der Waals surface area contributed by atoms with Gasteiger partial charge < -0.3 is 4.98 Å². The zero-order valence-electron chi connectivity index (χ0n) is 8.39. The lowest BCUT2D eigenvalue weighted by atomic mass is 10.1. The molecule has 1 aliphatic carbocycles. The molecule has 1 aliphatic rings. The molecule has 0 bridgehead atoms. The third-order valence-corrected chi connectivity index (χ3v) is 3.92. The third-order valence-electron chi connectivity index (χ3n) is 3.04. The molecule has 0 unspecified atom stereocenters. The van der Waals surface area contributed by atoms with Gasteiger partial charge in [-0.3, -0.25) is 0 Å². The van der Waals surface area contributed by atoms with Crippen LogP contribution in [-0.2, 0) is 12.8 Å². The zero-order valence-corrected chi connectivity index (χ0v) is 9.97. The van der Waals surface area contributed by atoms with Gasteiger partial charge in [-0.05, 0) is 46.3 Å². The second-order valence-electron chi connectivity index (χ2n) is 3.99. The minimum Gasteiger partial charge on any atom is -0.357 e. The van der Waals surface area contributed by atoms with Crippen LogP contribution in [0.15, 0.2) is 34.8 Å². The summed E-state index contributed by atoms with van der Waals surface area (Å²) in [5, 5.41) is 0. The van der Waals surface area contributed by atoms with Gasteiger partial charge >= 0.3 is 0 Å². The Balaban J connectivity index is 2.14. The van der Waals surface area contributed by atoms with E-state index < -0.39 is 0 Å². The van der Waals surface area contributed by atoms with Crippen molar-refractivity contribution in [3.8, 4) is 11.3 Å². The molecule has 0 spiro atoms. The molecule has 0 aliphatic heterocycles. The molecule has 0 fully saturated rings. The van der Waals surface area contributed by atoms with Gasteiger partial charge in [0.25, 0.3) is 0 Å². The lowest BCUT2D eigenvalue weighted by Gasteiger charge is -2.00. The lowest BCUT2D eigenvalue weighted by Crippen LogP contribution is -1.81. The highest BCUT2D eigenvalue weighted by molar-refractivity contribution is 9.10. The van der Waals surface area contributed by atoms with Crippen LogP contribution in [0.3, 0.4) is 0 Å². The fourth-order valence-electron chi connectivity index (χ4n) is 2.28. The Kier molecular flexibility index (Phi) is 2.17. The van der Waals surface area contributed by atoms with Crippen molar-refractivity contribution < 1.29 is 0 Å². The van der Waals surface area contributed by atoms with Crippen LogP contribution in [0.25, 0.3) is 11.3 Å². The van der Waals surface area contributed by atoms with E-state index in [4.69, 9.17) is 0 Å². The molecule has 0 saturated carbocycles. The first-order valence-corrected chi connectivity index (χ1v) is 6.10. The van der Waals surface area contributed by atoms with E-state index in [1.54, 1.807) is 0 Å². The Bertz CT molecular complexity index is 485. The highest BCUT2D eigenvalue weighted by Crippen LogP contribution is 2.37. The van der Waals surface area contributed by atoms with Crippen molar-refractivity contribution in [2.75, 3.05) is 0 Å².